The fourth-order valence-electron chi connectivity index (χ4n) is 4.70. The van der Waals surface area contributed by atoms with Crippen molar-refractivity contribution in [1.29, 1.82) is 0 Å². The van der Waals surface area contributed by atoms with Gasteiger partial charge in [0.2, 0.25) is 0 Å². The number of hydrogen-bond acceptors (Lipinski definition) is 7. The molecular weight excluding hydrogens is 406 g/mol. The Morgan fingerprint density at radius 2 is 1.91 bits per heavy atom. The first-order chi connectivity index (χ1) is 15.5. The number of aromatic amines is 1. The number of methoxy groups -OCH3 is 1. The number of aryl methyl sites for hydroxylation is 2. The van der Waals surface area contributed by atoms with Crippen LogP contribution < -0.4 is 5.56 Å². The highest BCUT2D eigenvalue weighted by molar-refractivity contribution is 5.83. The van der Waals surface area contributed by atoms with Crippen molar-refractivity contribution in [3.05, 3.63) is 51.1 Å². The Morgan fingerprint density at radius 3 is 2.62 bits per heavy atom. The normalized spacial score (nSPS) is 16.6. The van der Waals surface area contributed by atoms with Gasteiger partial charge in [0.05, 0.1) is 13.2 Å². The molecule has 1 aliphatic heterocycles. The van der Waals surface area contributed by atoms with Crippen molar-refractivity contribution in [2.24, 2.45) is 0 Å². The fraction of sp³-hybridized carbons (Fsp3) is 0.565. The summed E-state index contributed by atoms with van der Waals surface area (Å²) in [6.45, 7) is 12.1. The first-order valence-electron chi connectivity index (χ1n) is 11.4. The number of aromatic nitrogens is 5. The molecule has 0 aliphatic carbocycles. The van der Waals surface area contributed by atoms with Crippen LogP contribution in [0.4, 0.5) is 0 Å². The molecular formula is C23H33N7O2. The minimum absolute atomic E-state index is 0.0928. The predicted octanol–water partition coefficient (Wildman–Crippen LogP) is 1.89. The molecule has 1 saturated heterocycles. The van der Waals surface area contributed by atoms with E-state index in [1.807, 2.05) is 19.1 Å². The van der Waals surface area contributed by atoms with Crippen LogP contribution in [0.5, 0.6) is 0 Å². The van der Waals surface area contributed by atoms with E-state index in [0.717, 1.165) is 61.2 Å². The van der Waals surface area contributed by atoms with Crippen molar-refractivity contribution >= 4 is 10.9 Å². The highest BCUT2D eigenvalue weighted by Crippen LogP contribution is 2.29. The van der Waals surface area contributed by atoms with Crippen molar-refractivity contribution in [3.63, 3.8) is 0 Å². The number of tetrazole rings is 1. The molecule has 172 valence electrons. The second-order valence-electron chi connectivity index (χ2n) is 8.63. The van der Waals surface area contributed by atoms with Gasteiger partial charge in [-0.1, -0.05) is 13.0 Å². The van der Waals surface area contributed by atoms with Crippen molar-refractivity contribution < 1.29 is 4.74 Å². The van der Waals surface area contributed by atoms with Crippen LogP contribution in [-0.4, -0.2) is 81.4 Å². The van der Waals surface area contributed by atoms with Gasteiger partial charge < -0.3 is 14.6 Å². The summed E-state index contributed by atoms with van der Waals surface area (Å²) in [6, 6.07) is 5.88. The molecule has 1 atom stereocenters. The second-order valence-corrected chi connectivity index (χ2v) is 8.63. The number of H-pyrrole nitrogens is 1. The zero-order valence-electron chi connectivity index (χ0n) is 19.5. The minimum Gasteiger partial charge on any atom is -0.383 e. The van der Waals surface area contributed by atoms with Crippen molar-refractivity contribution in [2.45, 2.75) is 39.8 Å². The van der Waals surface area contributed by atoms with E-state index < -0.39 is 0 Å². The van der Waals surface area contributed by atoms with E-state index in [1.54, 1.807) is 11.8 Å². The standard InChI is InChI=1S/C23H33N7O2/c1-5-6-28-7-9-29(10-8-28)21(22-25-26-27-30(22)11-12-32-4)19-15-18-17(3)13-16(2)14-20(18)24-23(19)31/h13-15,21H,5-12H2,1-4H3,(H,24,31)/t21-/m0/s1. The summed E-state index contributed by atoms with van der Waals surface area (Å²) < 4.78 is 7.01. The molecule has 1 N–H and O–H groups in total. The van der Waals surface area contributed by atoms with Gasteiger partial charge in [-0.05, 0) is 60.5 Å². The zero-order valence-corrected chi connectivity index (χ0v) is 19.5. The average molecular weight is 440 g/mol. The van der Waals surface area contributed by atoms with Gasteiger partial charge in [0, 0.05) is 49.8 Å². The maximum Gasteiger partial charge on any atom is 0.253 e. The number of fused-ring (bicyclic) bond motifs is 1. The highest BCUT2D eigenvalue weighted by atomic mass is 16.5. The number of rotatable bonds is 8. The van der Waals surface area contributed by atoms with E-state index in [0.29, 0.717) is 24.5 Å². The molecule has 4 rings (SSSR count). The number of hydrogen-bond donors (Lipinski definition) is 1. The van der Waals surface area contributed by atoms with E-state index in [-0.39, 0.29) is 11.6 Å². The molecule has 3 heterocycles. The van der Waals surface area contributed by atoms with Crippen LogP contribution in [0, 0.1) is 13.8 Å². The lowest BCUT2D eigenvalue weighted by molar-refractivity contribution is 0.103. The van der Waals surface area contributed by atoms with Crippen LogP contribution in [0.15, 0.2) is 23.0 Å². The van der Waals surface area contributed by atoms with Crippen LogP contribution in [0.25, 0.3) is 10.9 Å². The second kappa shape index (κ2) is 9.89. The lowest BCUT2D eigenvalue weighted by atomic mass is 9.99. The van der Waals surface area contributed by atoms with Gasteiger partial charge in [0.25, 0.3) is 5.56 Å². The van der Waals surface area contributed by atoms with Gasteiger partial charge in [0.15, 0.2) is 5.82 Å². The number of nitrogens with zero attached hydrogens (tertiary/aromatic N) is 6. The molecule has 2 aromatic heterocycles. The first-order valence-corrected chi connectivity index (χ1v) is 11.4. The van der Waals surface area contributed by atoms with Crippen LogP contribution in [0.1, 0.15) is 41.9 Å². The lowest BCUT2D eigenvalue weighted by Crippen LogP contribution is -2.49. The van der Waals surface area contributed by atoms with Gasteiger partial charge in [0.1, 0.15) is 6.04 Å². The topological polar surface area (TPSA) is 92.2 Å². The Labute approximate surface area is 188 Å². The molecule has 32 heavy (non-hydrogen) atoms. The first kappa shape index (κ1) is 22.6. The summed E-state index contributed by atoms with van der Waals surface area (Å²) in [5, 5.41) is 13.6. The van der Waals surface area contributed by atoms with Crippen LogP contribution in [-0.2, 0) is 11.3 Å². The van der Waals surface area contributed by atoms with Crippen molar-refractivity contribution in [1.82, 2.24) is 35.0 Å². The Bertz CT molecular complexity index is 1120. The number of piperazine rings is 1. The lowest BCUT2D eigenvalue weighted by Gasteiger charge is -2.38. The molecule has 0 radical (unpaired) electrons. The summed E-state index contributed by atoms with van der Waals surface area (Å²) in [5.41, 5.74) is 3.72. The third kappa shape index (κ3) is 4.60. The minimum atomic E-state index is -0.320. The Hall–Kier alpha value is -2.62. The van der Waals surface area contributed by atoms with Gasteiger partial charge in [-0.3, -0.25) is 9.69 Å². The maximum absolute atomic E-state index is 13.3. The summed E-state index contributed by atoms with van der Waals surface area (Å²) in [4.78, 5) is 21.3. The van der Waals surface area contributed by atoms with E-state index in [9.17, 15) is 4.79 Å². The van der Waals surface area contributed by atoms with Crippen LogP contribution >= 0.6 is 0 Å². The van der Waals surface area contributed by atoms with E-state index in [1.165, 1.54) is 0 Å². The molecule has 1 aliphatic rings. The molecule has 0 bridgehead atoms. The quantitative estimate of drug-likeness (QED) is 0.573. The Balaban J connectivity index is 1.79. The van der Waals surface area contributed by atoms with Crippen molar-refractivity contribution in [2.75, 3.05) is 46.4 Å². The zero-order chi connectivity index (χ0) is 22.7. The third-order valence-electron chi connectivity index (χ3n) is 6.26. The van der Waals surface area contributed by atoms with Gasteiger partial charge in [-0.25, -0.2) is 4.68 Å². The summed E-state index contributed by atoms with van der Waals surface area (Å²) in [5.74, 6) is 0.681. The SMILES string of the molecule is CCCN1CCN([C@@H](c2cc3c(C)cc(C)cc3[nH]c2=O)c2nnnn2CCOC)CC1. The number of ether oxygens (including phenoxy) is 1. The van der Waals surface area contributed by atoms with Gasteiger partial charge in [-0.2, -0.15) is 0 Å². The monoisotopic (exact) mass is 439 g/mol. The predicted molar refractivity (Wildman–Crippen MR) is 124 cm³/mol. The maximum atomic E-state index is 13.3. The molecule has 0 amide bonds. The summed E-state index contributed by atoms with van der Waals surface area (Å²) in [6.07, 6.45) is 1.14. The molecule has 0 unspecified atom stereocenters. The molecule has 9 nitrogen and oxygen atoms in total. The summed E-state index contributed by atoms with van der Waals surface area (Å²) >= 11 is 0. The fourth-order valence-corrected chi connectivity index (χ4v) is 4.70. The average Bonchev–Trinajstić information content (AvgIpc) is 3.22. The highest BCUT2D eigenvalue weighted by Gasteiger charge is 2.32. The third-order valence-corrected chi connectivity index (χ3v) is 6.26. The van der Waals surface area contributed by atoms with Crippen LogP contribution in [0.2, 0.25) is 0 Å². The number of nitrogens with one attached hydrogen (secondary N) is 1. The molecule has 1 fully saturated rings. The van der Waals surface area contributed by atoms with E-state index >= 15 is 0 Å². The molecule has 3 aromatic rings. The smallest absolute Gasteiger partial charge is 0.253 e. The van der Waals surface area contributed by atoms with Gasteiger partial charge in [-0.15, -0.1) is 5.10 Å². The molecule has 0 saturated carbocycles. The Morgan fingerprint density at radius 1 is 1.12 bits per heavy atom. The molecule has 9 heteroatoms. The largest absolute Gasteiger partial charge is 0.383 e. The summed E-state index contributed by atoms with van der Waals surface area (Å²) in [7, 11) is 1.66. The molecule has 1 aromatic carbocycles. The van der Waals surface area contributed by atoms with E-state index in [2.05, 4.69) is 50.2 Å². The number of benzene rings is 1. The number of pyridine rings is 1. The van der Waals surface area contributed by atoms with Crippen molar-refractivity contribution in [3.8, 4) is 0 Å². The van der Waals surface area contributed by atoms with E-state index in [4.69, 9.17) is 4.74 Å². The van der Waals surface area contributed by atoms with Crippen LogP contribution in [0.3, 0.4) is 0 Å². The molecule has 0 spiro atoms. The Kier molecular flexibility index (Phi) is 6.98. The van der Waals surface area contributed by atoms with Gasteiger partial charge >= 0.3 is 0 Å².